The number of benzene rings is 2. The molecular weight excluding hydrogens is 315 g/mol. The van der Waals surface area contributed by atoms with E-state index in [1.54, 1.807) is 18.3 Å². The van der Waals surface area contributed by atoms with Gasteiger partial charge in [0.05, 0.1) is 21.9 Å². The van der Waals surface area contributed by atoms with E-state index < -0.39 is 0 Å². The Kier molecular flexibility index (Phi) is 4.92. The number of hydrazone groups is 1. The predicted molar refractivity (Wildman–Crippen MR) is 88.6 cm³/mol. The second-order valence-electron chi connectivity index (χ2n) is 4.47. The summed E-state index contributed by atoms with van der Waals surface area (Å²) in [6.45, 7) is 4.07. The zero-order valence-corrected chi connectivity index (χ0v) is 13.3. The Morgan fingerprint density at radius 3 is 2.30 bits per heavy atom. The maximum atomic E-state index is 6.07. The van der Waals surface area contributed by atoms with E-state index in [0.29, 0.717) is 20.8 Å². The molecular formula is C15H13Cl3N2. The molecule has 0 amide bonds. The third-order valence-electron chi connectivity index (χ3n) is 2.82. The topological polar surface area (TPSA) is 24.4 Å². The Bertz CT molecular complexity index is 643. The van der Waals surface area contributed by atoms with Crippen molar-refractivity contribution in [2.75, 3.05) is 5.43 Å². The van der Waals surface area contributed by atoms with Crippen LogP contribution in [0.3, 0.4) is 0 Å². The van der Waals surface area contributed by atoms with Crippen LogP contribution >= 0.6 is 34.8 Å². The molecule has 0 radical (unpaired) electrons. The van der Waals surface area contributed by atoms with Gasteiger partial charge >= 0.3 is 0 Å². The molecule has 0 saturated carbocycles. The molecule has 0 aromatic heterocycles. The van der Waals surface area contributed by atoms with Gasteiger partial charge in [-0.3, -0.25) is 5.43 Å². The fourth-order valence-electron chi connectivity index (χ4n) is 1.71. The molecule has 0 fully saturated rings. The quantitative estimate of drug-likeness (QED) is 0.566. The van der Waals surface area contributed by atoms with Crippen LogP contribution in [0, 0.1) is 13.8 Å². The van der Waals surface area contributed by atoms with Crippen LogP contribution in [0.15, 0.2) is 35.4 Å². The molecule has 2 aromatic carbocycles. The van der Waals surface area contributed by atoms with Gasteiger partial charge in [-0.15, -0.1) is 0 Å². The van der Waals surface area contributed by atoms with Crippen molar-refractivity contribution >= 4 is 46.7 Å². The average Bonchev–Trinajstić information content (AvgIpc) is 2.36. The minimum atomic E-state index is 0.431. The van der Waals surface area contributed by atoms with Crippen LogP contribution < -0.4 is 5.43 Å². The first-order valence-corrected chi connectivity index (χ1v) is 7.11. The summed E-state index contributed by atoms with van der Waals surface area (Å²) in [5.74, 6) is 0. The monoisotopic (exact) mass is 326 g/mol. The Labute approximate surface area is 133 Å². The lowest BCUT2D eigenvalue weighted by Crippen LogP contribution is -1.94. The molecule has 0 aliphatic rings. The van der Waals surface area contributed by atoms with Crippen LogP contribution in [0.2, 0.25) is 15.1 Å². The second-order valence-corrected chi connectivity index (χ2v) is 5.73. The zero-order valence-electron chi connectivity index (χ0n) is 11.0. The molecule has 0 aliphatic heterocycles. The number of nitrogens with zero attached hydrogens (tertiary/aromatic N) is 1. The number of halogens is 3. The molecule has 0 spiro atoms. The Morgan fingerprint density at radius 2 is 1.65 bits per heavy atom. The van der Waals surface area contributed by atoms with E-state index in [4.69, 9.17) is 34.8 Å². The molecule has 104 valence electrons. The normalized spacial score (nSPS) is 11.1. The molecule has 0 aliphatic carbocycles. The van der Waals surface area contributed by atoms with Gasteiger partial charge in [0.15, 0.2) is 0 Å². The number of nitrogens with one attached hydrogen (secondary N) is 1. The maximum Gasteiger partial charge on any atom is 0.0935 e. The van der Waals surface area contributed by atoms with Crippen molar-refractivity contribution in [1.82, 2.24) is 0 Å². The first-order valence-electron chi connectivity index (χ1n) is 5.98. The average molecular weight is 328 g/mol. The molecule has 0 heterocycles. The van der Waals surface area contributed by atoms with Crippen molar-refractivity contribution in [3.05, 3.63) is 62.1 Å². The third-order valence-corrected chi connectivity index (χ3v) is 3.64. The molecule has 2 nitrogen and oxygen atoms in total. The van der Waals surface area contributed by atoms with Gasteiger partial charge < -0.3 is 0 Å². The van der Waals surface area contributed by atoms with E-state index in [1.165, 1.54) is 5.56 Å². The van der Waals surface area contributed by atoms with Crippen LogP contribution in [0.5, 0.6) is 0 Å². The highest BCUT2D eigenvalue weighted by Crippen LogP contribution is 2.33. The van der Waals surface area contributed by atoms with E-state index in [0.717, 1.165) is 11.1 Å². The van der Waals surface area contributed by atoms with Gasteiger partial charge in [0, 0.05) is 5.02 Å². The van der Waals surface area contributed by atoms with Crippen molar-refractivity contribution in [3.63, 3.8) is 0 Å². The molecule has 20 heavy (non-hydrogen) atoms. The number of rotatable bonds is 3. The van der Waals surface area contributed by atoms with Crippen LogP contribution in [-0.2, 0) is 0 Å². The largest absolute Gasteiger partial charge is 0.275 e. The fourth-order valence-corrected chi connectivity index (χ4v) is 2.62. The van der Waals surface area contributed by atoms with Gasteiger partial charge in [0.25, 0.3) is 0 Å². The summed E-state index contributed by atoms with van der Waals surface area (Å²) in [6.07, 6.45) is 1.74. The minimum Gasteiger partial charge on any atom is -0.275 e. The molecule has 2 aromatic rings. The zero-order chi connectivity index (χ0) is 14.7. The first-order chi connectivity index (χ1) is 9.47. The summed E-state index contributed by atoms with van der Waals surface area (Å²) in [5, 5.41) is 5.53. The van der Waals surface area contributed by atoms with Gasteiger partial charge in [-0.1, -0.05) is 58.6 Å². The lowest BCUT2D eigenvalue weighted by Gasteiger charge is -2.07. The SMILES string of the molecule is Cc1ccc(C)c(C=NNc2c(Cl)cc(Cl)cc2Cl)c1. The molecule has 0 unspecified atom stereocenters. The number of anilines is 1. The lowest BCUT2D eigenvalue weighted by molar-refractivity contribution is 1.33. The van der Waals surface area contributed by atoms with Gasteiger partial charge in [0.2, 0.25) is 0 Å². The molecule has 0 atom stereocenters. The van der Waals surface area contributed by atoms with Crippen molar-refractivity contribution < 1.29 is 0 Å². The highest BCUT2D eigenvalue weighted by atomic mass is 35.5. The van der Waals surface area contributed by atoms with Gasteiger partial charge in [0.1, 0.15) is 0 Å². The third kappa shape index (κ3) is 3.66. The number of hydrogen-bond acceptors (Lipinski definition) is 2. The molecule has 2 rings (SSSR count). The highest BCUT2D eigenvalue weighted by Gasteiger charge is 2.06. The summed E-state index contributed by atoms with van der Waals surface area (Å²) < 4.78 is 0. The smallest absolute Gasteiger partial charge is 0.0935 e. The summed E-state index contributed by atoms with van der Waals surface area (Å²) >= 11 is 18.0. The summed E-state index contributed by atoms with van der Waals surface area (Å²) in [7, 11) is 0. The van der Waals surface area contributed by atoms with Crippen molar-refractivity contribution in [2.24, 2.45) is 5.10 Å². The van der Waals surface area contributed by atoms with E-state index in [9.17, 15) is 0 Å². The summed E-state index contributed by atoms with van der Waals surface area (Å²) in [6, 6.07) is 9.41. The Balaban J connectivity index is 2.20. The summed E-state index contributed by atoms with van der Waals surface area (Å²) in [4.78, 5) is 0. The molecule has 5 heteroatoms. The summed E-state index contributed by atoms with van der Waals surface area (Å²) in [5.41, 5.74) is 6.76. The number of hydrogen-bond donors (Lipinski definition) is 1. The second kappa shape index (κ2) is 6.49. The van der Waals surface area contributed by atoms with E-state index in [2.05, 4.69) is 28.7 Å². The van der Waals surface area contributed by atoms with Crippen LogP contribution in [-0.4, -0.2) is 6.21 Å². The van der Waals surface area contributed by atoms with Gasteiger partial charge in [-0.05, 0) is 37.1 Å². The maximum absolute atomic E-state index is 6.07. The molecule has 0 saturated heterocycles. The molecule has 1 N–H and O–H groups in total. The lowest BCUT2D eigenvalue weighted by atomic mass is 10.1. The standard InChI is InChI=1S/C15H13Cl3N2/c1-9-3-4-10(2)11(5-9)8-19-20-15-13(17)6-12(16)7-14(15)18/h3-8,20H,1-2H3. The predicted octanol–water partition coefficient (Wildman–Crippen LogP) is 5.71. The van der Waals surface area contributed by atoms with E-state index >= 15 is 0 Å². The van der Waals surface area contributed by atoms with E-state index in [-0.39, 0.29) is 0 Å². The van der Waals surface area contributed by atoms with Crippen LogP contribution in [0.25, 0.3) is 0 Å². The van der Waals surface area contributed by atoms with Crippen LogP contribution in [0.4, 0.5) is 5.69 Å². The number of aryl methyl sites for hydroxylation is 2. The van der Waals surface area contributed by atoms with Crippen molar-refractivity contribution in [2.45, 2.75) is 13.8 Å². The highest BCUT2D eigenvalue weighted by molar-refractivity contribution is 6.41. The van der Waals surface area contributed by atoms with Crippen LogP contribution in [0.1, 0.15) is 16.7 Å². The first kappa shape index (κ1) is 15.2. The van der Waals surface area contributed by atoms with E-state index in [1.807, 2.05) is 13.8 Å². The van der Waals surface area contributed by atoms with Crippen molar-refractivity contribution in [1.29, 1.82) is 0 Å². The minimum absolute atomic E-state index is 0.431. The fraction of sp³-hybridized carbons (Fsp3) is 0.133. The van der Waals surface area contributed by atoms with Gasteiger partial charge in [-0.2, -0.15) is 5.10 Å². The molecule has 0 bridgehead atoms. The van der Waals surface area contributed by atoms with Gasteiger partial charge in [-0.25, -0.2) is 0 Å². The Morgan fingerprint density at radius 1 is 1.00 bits per heavy atom. The van der Waals surface area contributed by atoms with Crippen molar-refractivity contribution in [3.8, 4) is 0 Å². The Hall–Kier alpha value is -1.22.